The largest absolute Gasteiger partial charge is 0.507 e. The molecule has 180 valence electrons. The Hall–Kier alpha value is -4.96. The molecule has 3 aromatic carbocycles. The van der Waals surface area contributed by atoms with Crippen LogP contribution >= 0.6 is 11.3 Å². The van der Waals surface area contributed by atoms with Crippen molar-refractivity contribution in [1.29, 1.82) is 0 Å². The molecule has 2 aromatic heterocycles. The predicted octanol–water partition coefficient (Wildman–Crippen LogP) is 5.38. The second-order valence-electron chi connectivity index (χ2n) is 8.39. The first-order chi connectivity index (χ1) is 17.9. The van der Waals surface area contributed by atoms with Crippen LogP contribution in [0.1, 0.15) is 17.2 Å². The van der Waals surface area contributed by atoms with Crippen LogP contribution in [0.5, 0.6) is 0 Å². The molecule has 1 aliphatic rings. The van der Waals surface area contributed by atoms with Gasteiger partial charge in [0.15, 0.2) is 5.13 Å². The minimum Gasteiger partial charge on any atom is -0.507 e. The quantitative estimate of drug-likeness (QED) is 0.114. The zero-order valence-corrected chi connectivity index (χ0v) is 19.8. The number of carbonyl (C=O) groups excluding carboxylic acids is 2. The Bertz CT molecular complexity index is 1770. The number of nitrogens with zero attached hydrogens (tertiary/aromatic N) is 4. The van der Waals surface area contributed by atoms with Crippen LogP contribution in [0.15, 0.2) is 90.8 Å². The molecule has 1 unspecified atom stereocenters. The van der Waals surface area contributed by atoms with Gasteiger partial charge in [0.05, 0.1) is 26.8 Å². The minimum atomic E-state index is -0.997. The van der Waals surface area contributed by atoms with Gasteiger partial charge in [0, 0.05) is 30.1 Å². The molecule has 1 saturated heterocycles. The standard InChI is InChI=1S/C27H16N4O5S/c32-24(19-9-3-6-15-5-1-2-8-18(15)19)22-23(16-7-4-12-28-14-16)30(26(34)25(22)33)27-29-20-11-10-17(31(35)36)13-21(20)37-27/h1-14,23,32H/b24-22+. The molecule has 0 spiro atoms. The van der Waals surface area contributed by atoms with E-state index in [4.69, 9.17) is 0 Å². The summed E-state index contributed by atoms with van der Waals surface area (Å²) in [6.45, 7) is 0. The number of aromatic nitrogens is 2. The van der Waals surface area contributed by atoms with E-state index in [0.29, 0.717) is 21.3 Å². The van der Waals surface area contributed by atoms with Crippen molar-refractivity contribution in [3.8, 4) is 0 Å². The summed E-state index contributed by atoms with van der Waals surface area (Å²) >= 11 is 1.06. The van der Waals surface area contributed by atoms with E-state index in [9.17, 15) is 24.8 Å². The Kier molecular flexibility index (Phi) is 5.24. The number of thiazole rings is 1. The Labute approximate surface area is 213 Å². The molecule has 1 aliphatic heterocycles. The number of fused-ring (bicyclic) bond motifs is 2. The van der Waals surface area contributed by atoms with Crippen molar-refractivity contribution in [1.82, 2.24) is 9.97 Å². The number of non-ortho nitro benzene ring substituents is 1. The van der Waals surface area contributed by atoms with Crippen LogP contribution in [-0.2, 0) is 9.59 Å². The van der Waals surface area contributed by atoms with Crippen molar-refractivity contribution in [3.63, 3.8) is 0 Å². The summed E-state index contributed by atoms with van der Waals surface area (Å²) in [6.07, 6.45) is 3.09. The van der Waals surface area contributed by atoms with Crippen molar-refractivity contribution in [2.24, 2.45) is 0 Å². The van der Waals surface area contributed by atoms with E-state index in [2.05, 4.69) is 9.97 Å². The highest BCUT2D eigenvalue weighted by Gasteiger charge is 2.48. The molecule has 0 radical (unpaired) electrons. The van der Waals surface area contributed by atoms with Crippen LogP contribution in [0.25, 0.3) is 26.7 Å². The summed E-state index contributed by atoms with van der Waals surface area (Å²) in [6, 6.07) is 19.4. The summed E-state index contributed by atoms with van der Waals surface area (Å²) in [7, 11) is 0. The zero-order chi connectivity index (χ0) is 25.7. The smallest absolute Gasteiger partial charge is 0.301 e. The monoisotopic (exact) mass is 508 g/mol. The van der Waals surface area contributed by atoms with Gasteiger partial charge >= 0.3 is 5.91 Å². The number of pyridine rings is 1. The summed E-state index contributed by atoms with van der Waals surface area (Å²) in [5.41, 5.74) is 1.19. The predicted molar refractivity (Wildman–Crippen MR) is 139 cm³/mol. The van der Waals surface area contributed by atoms with Gasteiger partial charge in [-0.25, -0.2) is 4.98 Å². The van der Waals surface area contributed by atoms with Gasteiger partial charge in [0.2, 0.25) is 0 Å². The number of aliphatic hydroxyl groups excluding tert-OH is 1. The molecule has 5 aromatic rings. The molecule has 9 nitrogen and oxygen atoms in total. The lowest BCUT2D eigenvalue weighted by Crippen LogP contribution is -2.29. The first-order valence-electron chi connectivity index (χ1n) is 11.2. The van der Waals surface area contributed by atoms with Crippen LogP contribution in [0, 0.1) is 10.1 Å². The fraction of sp³-hybridized carbons (Fsp3) is 0.0370. The number of amides is 1. The van der Waals surface area contributed by atoms with Crippen LogP contribution < -0.4 is 4.90 Å². The van der Waals surface area contributed by atoms with Crippen molar-refractivity contribution in [3.05, 3.63) is 112 Å². The van der Waals surface area contributed by atoms with E-state index in [1.807, 2.05) is 30.3 Å². The van der Waals surface area contributed by atoms with E-state index >= 15 is 0 Å². The molecule has 6 rings (SSSR count). The highest BCUT2D eigenvalue weighted by atomic mass is 32.1. The molecule has 0 bridgehead atoms. The third kappa shape index (κ3) is 3.62. The summed E-state index contributed by atoms with van der Waals surface area (Å²) < 4.78 is 0.491. The van der Waals surface area contributed by atoms with Gasteiger partial charge in [-0.3, -0.25) is 29.6 Å². The number of hydrogen-bond acceptors (Lipinski definition) is 8. The number of carbonyl (C=O) groups is 2. The van der Waals surface area contributed by atoms with Crippen molar-refractivity contribution in [2.45, 2.75) is 6.04 Å². The van der Waals surface area contributed by atoms with Crippen molar-refractivity contribution >= 4 is 60.6 Å². The SMILES string of the molecule is O=C1C(=O)N(c2nc3ccc([N+](=O)[O-])cc3s2)C(c2cccnc2)/C1=C(\O)c1cccc2ccccc12. The number of benzene rings is 3. The molecule has 3 heterocycles. The van der Waals surface area contributed by atoms with Gasteiger partial charge in [-0.2, -0.15) is 0 Å². The lowest BCUT2D eigenvalue weighted by atomic mass is 9.94. The Balaban J connectivity index is 1.58. The van der Waals surface area contributed by atoms with Crippen molar-refractivity contribution in [2.75, 3.05) is 4.90 Å². The molecular formula is C27H16N4O5S. The van der Waals surface area contributed by atoms with Crippen molar-refractivity contribution < 1.29 is 19.6 Å². The maximum atomic E-state index is 13.4. The lowest BCUT2D eigenvalue weighted by Gasteiger charge is -2.22. The lowest BCUT2D eigenvalue weighted by molar-refractivity contribution is -0.384. The minimum absolute atomic E-state index is 0.0837. The van der Waals surface area contributed by atoms with Crippen LogP contribution in [0.2, 0.25) is 0 Å². The fourth-order valence-electron chi connectivity index (χ4n) is 4.58. The van der Waals surface area contributed by atoms with Crippen LogP contribution in [0.4, 0.5) is 10.8 Å². The molecule has 0 saturated carbocycles. The molecule has 10 heteroatoms. The van der Waals surface area contributed by atoms with Gasteiger partial charge in [-0.15, -0.1) is 0 Å². The number of aliphatic hydroxyl groups is 1. The second kappa shape index (κ2) is 8.61. The van der Waals surface area contributed by atoms with Crippen LogP contribution in [-0.4, -0.2) is 31.7 Å². The average molecular weight is 509 g/mol. The molecule has 1 amide bonds. The van der Waals surface area contributed by atoms with Gasteiger partial charge < -0.3 is 5.11 Å². The molecule has 1 atom stereocenters. The molecule has 0 aliphatic carbocycles. The van der Waals surface area contributed by atoms with E-state index in [1.54, 1.807) is 30.5 Å². The van der Waals surface area contributed by atoms with E-state index < -0.39 is 22.7 Å². The fourth-order valence-corrected chi connectivity index (χ4v) is 5.60. The third-order valence-electron chi connectivity index (χ3n) is 6.27. The number of rotatable bonds is 4. The van der Waals surface area contributed by atoms with Gasteiger partial charge in [0.1, 0.15) is 5.76 Å². The van der Waals surface area contributed by atoms with E-state index in [-0.39, 0.29) is 22.2 Å². The van der Waals surface area contributed by atoms with E-state index in [1.165, 1.54) is 29.3 Å². The molecule has 1 N–H and O–H groups in total. The Morgan fingerprint density at radius 3 is 2.62 bits per heavy atom. The highest BCUT2D eigenvalue weighted by molar-refractivity contribution is 7.22. The van der Waals surface area contributed by atoms with E-state index in [0.717, 1.165) is 22.1 Å². The number of anilines is 1. The second-order valence-corrected chi connectivity index (χ2v) is 9.40. The maximum Gasteiger partial charge on any atom is 0.301 e. The highest BCUT2D eigenvalue weighted by Crippen LogP contribution is 2.45. The normalized spacial score (nSPS) is 17.1. The average Bonchev–Trinajstić information content (AvgIpc) is 3.46. The first kappa shape index (κ1) is 22.5. The summed E-state index contributed by atoms with van der Waals surface area (Å²) in [4.78, 5) is 47.5. The Morgan fingerprint density at radius 2 is 1.84 bits per heavy atom. The van der Waals surface area contributed by atoms with Crippen LogP contribution in [0.3, 0.4) is 0 Å². The third-order valence-corrected chi connectivity index (χ3v) is 7.28. The maximum absolute atomic E-state index is 13.4. The summed E-state index contributed by atoms with van der Waals surface area (Å²) in [5.74, 6) is -2.02. The first-order valence-corrected chi connectivity index (χ1v) is 12.0. The van der Waals surface area contributed by atoms with Gasteiger partial charge in [0.25, 0.3) is 11.5 Å². The molecular weight excluding hydrogens is 492 g/mol. The number of Topliss-reactive ketones (excluding diaryl/α,β-unsaturated/α-hetero) is 1. The topological polar surface area (TPSA) is 127 Å². The number of hydrogen-bond donors (Lipinski definition) is 1. The zero-order valence-electron chi connectivity index (χ0n) is 18.9. The van der Waals surface area contributed by atoms with Gasteiger partial charge in [-0.1, -0.05) is 59.9 Å². The number of nitro benzene ring substituents is 1. The number of ketones is 1. The van der Waals surface area contributed by atoms with Gasteiger partial charge in [-0.05, 0) is 28.5 Å². The number of nitro groups is 1. The molecule has 37 heavy (non-hydrogen) atoms. The summed E-state index contributed by atoms with van der Waals surface area (Å²) in [5, 5.41) is 24.5. The molecule has 1 fully saturated rings. The Morgan fingerprint density at radius 1 is 1.03 bits per heavy atom.